The molecule has 0 bridgehead atoms. The molecule has 0 fully saturated rings. The van der Waals surface area contributed by atoms with Gasteiger partial charge in [0.05, 0.1) is 0 Å². The molecule has 1 N–H and O–H groups in total. The van der Waals surface area contributed by atoms with Crippen LogP contribution in [0, 0.1) is 0 Å². The zero-order chi connectivity index (χ0) is 5.54. The molecule has 2 nitrogen and oxygen atoms in total. The van der Waals surface area contributed by atoms with Crippen LogP contribution in [0.5, 0.6) is 0 Å². The van der Waals surface area contributed by atoms with Crippen molar-refractivity contribution < 1.29 is 5.11 Å². The second kappa shape index (κ2) is 5.92. The minimum absolute atomic E-state index is 0.0139. The van der Waals surface area contributed by atoms with Gasteiger partial charge in [-0.1, -0.05) is 13.3 Å². The molecule has 0 aromatic heterocycles. The smallest absolute Gasteiger partial charge is 0.109 e. The number of aliphatic hydroxyl groups is 1. The molecule has 0 saturated carbocycles. The van der Waals surface area contributed by atoms with E-state index in [4.69, 9.17) is 5.11 Å². The fourth-order valence-electron chi connectivity index (χ4n) is 0.341. The summed E-state index contributed by atoms with van der Waals surface area (Å²) < 4.78 is 0. The lowest BCUT2D eigenvalue weighted by Crippen LogP contribution is -2.06. The van der Waals surface area contributed by atoms with Crippen molar-refractivity contribution in [2.24, 2.45) is 0 Å². The van der Waals surface area contributed by atoms with Crippen molar-refractivity contribution in [3.8, 4) is 0 Å². The number of hydrogen-bond donors (Lipinski definition) is 1. The van der Waals surface area contributed by atoms with E-state index >= 15 is 0 Å². The first kappa shape index (κ1) is 6.92. The second-order valence-electron chi connectivity index (χ2n) is 1.44. The van der Waals surface area contributed by atoms with Crippen LogP contribution in [0.1, 0.15) is 19.8 Å². The fraction of sp³-hybridized carbons (Fsp3) is 1.00. The second-order valence-corrected chi connectivity index (χ2v) is 1.44. The Morgan fingerprint density at radius 3 is 2.71 bits per heavy atom. The molecule has 0 heterocycles. The summed E-state index contributed by atoms with van der Waals surface area (Å²) in [6.45, 7) is 2.90. The number of aliphatic hydroxyl groups excluding tert-OH is 1. The van der Waals surface area contributed by atoms with Crippen LogP contribution >= 0.6 is 0 Å². The predicted molar refractivity (Wildman–Crippen MR) is 29.0 cm³/mol. The maximum atomic E-state index is 8.13. The van der Waals surface area contributed by atoms with Crippen molar-refractivity contribution in [3.63, 3.8) is 0 Å². The van der Waals surface area contributed by atoms with Gasteiger partial charge in [-0.3, -0.25) is 0 Å². The van der Waals surface area contributed by atoms with E-state index in [1.165, 1.54) is 0 Å². The normalized spacial score (nSPS) is 9.43. The average Bonchev–Trinajstić information content (AvgIpc) is 1.69. The van der Waals surface area contributed by atoms with E-state index in [0.717, 1.165) is 19.4 Å². The van der Waals surface area contributed by atoms with Crippen LogP contribution in [0.2, 0.25) is 0 Å². The van der Waals surface area contributed by atoms with Crippen LogP contribution < -0.4 is 5.32 Å². The van der Waals surface area contributed by atoms with Gasteiger partial charge in [0.2, 0.25) is 0 Å². The van der Waals surface area contributed by atoms with E-state index in [1.807, 2.05) is 0 Å². The molecular weight excluding hydrogens is 90.1 g/mol. The van der Waals surface area contributed by atoms with Gasteiger partial charge in [-0.15, -0.1) is 0 Å². The van der Waals surface area contributed by atoms with Gasteiger partial charge in [0.25, 0.3) is 0 Å². The molecule has 0 unspecified atom stereocenters. The van der Waals surface area contributed by atoms with Gasteiger partial charge in [0.1, 0.15) is 6.73 Å². The number of rotatable bonds is 4. The Morgan fingerprint density at radius 1 is 1.57 bits per heavy atom. The monoisotopic (exact) mass is 102 g/mol. The Bertz CT molecular complexity index is 27.3. The highest BCUT2D eigenvalue weighted by molar-refractivity contribution is 4.36. The highest BCUT2D eigenvalue weighted by atomic mass is 16.3. The van der Waals surface area contributed by atoms with Crippen LogP contribution in [0.4, 0.5) is 0 Å². The van der Waals surface area contributed by atoms with Gasteiger partial charge in [-0.25, -0.2) is 5.32 Å². The first-order valence-corrected chi connectivity index (χ1v) is 2.66. The zero-order valence-corrected chi connectivity index (χ0v) is 4.72. The van der Waals surface area contributed by atoms with Crippen LogP contribution in [0.25, 0.3) is 0 Å². The van der Waals surface area contributed by atoms with Crippen molar-refractivity contribution in [1.29, 1.82) is 0 Å². The van der Waals surface area contributed by atoms with E-state index in [9.17, 15) is 0 Å². The molecule has 43 valence electrons. The van der Waals surface area contributed by atoms with E-state index in [2.05, 4.69) is 12.2 Å². The summed E-state index contributed by atoms with van der Waals surface area (Å²) in [5, 5.41) is 11.8. The van der Waals surface area contributed by atoms with Gasteiger partial charge in [0, 0.05) is 6.54 Å². The summed E-state index contributed by atoms with van der Waals surface area (Å²) in [5.41, 5.74) is 0. The first-order chi connectivity index (χ1) is 3.41. The third kappa shape index (κ3) is 5.92. The van der Waals surface area contributed by atoms with E-state index < -0.39 is 0 Å². The Morgan fingerprint density at radius 2 is 2.29 bits per heavy atom. The summed E-state index contributed by atoms with van der Waals surface area (Å²) >= 11 is 0. The predicted octanol–water partition coefficient (Wildman–Crippen LogP) is 0.341. The molecule has 0 amide bonds. The molecule has 0 aliphatic heterocycles. The highest BCUT2D eigenvalue weighted by Gasteiger charge is 1.80. The van der Waals surface area contributed by atoms with Crippen LogP contribution in [-0.2, 0) is 0 Å². The summed E-state index contributed by atoms with van der Waals surface area (Å²) in [6, 6.07) is 0. The topological polar surface area (TPSA) is 34.3 Å². The molecule has 0 aromatic rings. The average molecular weight is 102 g/mol. The van der Waals surface area contributed by atoms with Crippen molar-refractivity contribution in [2.75, 3.05) is 13.3 Å². The molecule has 7 heavy (non-hydrogen) atoms. The molecular formula is C5H12NO. The lowest BCUT2D eigenvalue weighted by Gasteiger charge is -1.91. The number of nitrogens with zero attached hydrogens (tertiary/aromatic N) is 1. The van der Waals surface area contributed by atoms with Crippen LogP contribution in [0.3, 0.4) is 0 Å². The molecule has 0 atom stereocenters. The molecule has 0 spiro atoms. The number of unbranched alkanes of at least 4 members (excludes halogenated alkanes) is 1. The lowest BCUT2D eigenvalue weighted by molar-refractivity contribution is 0.256. The van der Waals surface area contributed by atoms with Gasteiger partial charge in [0.15, 0.2) is 0 Å². The van der Waals surface area contributed by atoms with Crippen molar-refractivity contribution in [1.82, 2.24) is 5.32 Å². The summed E-state index contributed by atoms with van der Waals surface area (Å²) in [4.78, 5) is 0. The van der Waals surface area contributed by atoms with Crippen molar-refractivity contribution in [2.45, 2.75) is 19.8 Å². The molecule has 0 aliphatic carbocycles. The van der Waals surface area contributed by atoms with E-state index in [-0.39, 0.29) is 6.73 Å². The highest BCUT2D eigenvalue weighted by Crippen LogP contribution is 1.81. The van der Waals surface area contributed by atoms with Crippen molar-refractivity contribution >= 4 is 0 Å². The van der Waals surface area contributed by atoms with E-state index in [0.29, 0.717) is 0 Å². The van der Waals surface area contributed by atoms with Gasteiger partial charge >= 0.3 is 0 Å². The Labute approximate surface area is 44.5 Å². The van der Waals surface area contributed by atoms with Gasteiger partial charge in [-0.2, -0.15) is 0 Å². The van der Waals surface area contributed by atoms with Gasteiger partial charge in [-0.05, 0) is 6.42 Å². The molecule has 0 saturated heterocycles. The summed E-state index contributed by atoms with van der Waals surface area (Å²) in [6.07, 6.45) is 2.25. The largest absolute Gasteiger partial charge is 0.380 e. The Hall–Kier alpha value is -0.0800. The first-order valence-electron chi connectivity index (χ1n) is 2.66. The maximum absolute atomic E-state index is 8.13. The molecule has 2 heteroatoms. The third-order valence-electron chi connectivity index (χ3n) is 0.770. The fourth-order valence-corrected chi connectivity index (χ4v) is 0.341. The minimum atomic E-state index is -0.0139. The van der Waals surface area contributed by atoms with Crippen LogP contribution in [0.15, 0.2) is 0 Å². The molecule has 0 aromatic carbocycles. The SMILES string of the molecule is CCCC[N]CO. The van der Waals surface area contributed by atoms with Crippen molar-refractivity contribution in [3.05, 3.63) is 0 Å². The standard InChI is InChI=1S/C5H12NO/c1-2-3-4-6-5-7/h7H,2-5H2,1H3. The molecule has 0 rings (SSSR count). The maximum Gasteiger partial charge on any atom is 0.109 e. The number of hydrogen-bond acceptors (Lipinski definition) is 1. The van der Waals surface area contributed by atoms with Crippen LogP contribution in [-0.4, -0.2) is 18.4 Å². The van der Waals surface area contributed by atoms with Gasteiger partial charge < -0.3 is 5.11 Å². The molecule has 1 radical (unpaired) electrons. The van der Waals surface area contributed by atoms with E-state index in [1.54, 1.807) is 0 Å². The Balaban J connectivity index is 2.45. The minimum Gasteiger partial charge on any atom is -0.380 e. The summed E-state index contributed by atoms with van der Waals surface area (Å²) in [5.74, 6) is 0. The quantitative estimate of drug-likeness (QED) is 0.510. The Kier molecular flexibility index (Phi) is 5.85. The molecule has 0 aliphatic rings. The lowest BCUT2D eigenvalue weighted by atomic mass is 10.3. The summed E-state index contributed by atoms with van der Waals surface area (Å²) in [7, 11) is 0. The zero-order valence-electron chi connectivity index (χ0n) is 4.72. The third-order valence-corrected chi connectivity index (χ3v) is 0.770.